The number of rotatable bonds is 6. The van der Waals surface area contributed by atoms with Gasteiger partial charge in [0, 0.05) is 18.6 Å². The number of hydrogen-bond acceptors (Lipinski definition) is 4. The summed E-state index contributed by atoms with van der Waals surface area (Å²) in [7, 11) is 1.63. The molecule has 4 nitrogen and oxygen atoms in total. The van der Waals surface area contributed by atoms with E-state index >= 15 is 0 Å². The normalized spacial score (nSPS) is 21.9. The third-order valence-electron chi connectivity index (χ3n) is 3.33. The summed E-state index contributed by atoms with van der Waals surface area (Å²) in [6, 6.07) is 5.43. The SMILES string of the molecule is COCCOc1ccc(C(=O)C2COC(C)C2)cc1Br. The number of carbonyl (C=O) groups is 1. The highest BCUT2D eigenvalue weighted by Gasteiger charge is 2.29. The van der Waals surface area contributed by atoms with Crippen LogP contribution in [0.5, 0.6) is 5.75 Å². The lowest BCUT2D eigenvalue weighted by atomic mass is 9.95. The molecule has 110 valence electrons. The van der Waals surface area contributed by atoms with Crippen LogP contribution in [0.15, 0.2) is 22.7 Å². The van der Waals surface area contributed by atoms with Gasteiger partial charge in [-0.1, -0.05) is 0 Å². The van der Waals surface area contributed by atoms with Gasteiger partial charge >= 0.3 is 0 Å². The van der Waals surface area contributed by atoms with Crippen molar-refractivity contribution in [2.24, 2.45) is 5.92 Å². The molecule has 1 aliphatic rings. The highest BCUT2D eigenvalue weighted by molar-refractivity contribution is 9.10. The van der Waals surface area contributed by atoms with Crippen molar-refractivity contribution in [3.8, 4) is 5.75 Å². The number of Topliss-reactive ketones (excluding diaryl/α,β-unsaturated/α-hetero) is 1. The topological polar surface area (TPSA) is 44.8 Å². The molecule has 1 aromatic rings. The van der Waals surface area contributed by atoms with Crippen LogP contribution in [0.4, 0.5) is 0 Å². The maximum atomic E-state index is 12.4. The Morgan fingerprint density at radius 2 is 2.25 bits per heavy atom. The fraction of sp³-hybridized carbons (Fsp3) is 0.533. The van der Waals surface area contributed by atoms with Crippen molar-refractivity contribution < 1.29 is 19.0 Å². The van der Waals surface area contributed by atoms with E-state index in [1.165, 1.54) is 0 Å². The summed E-state index contributed by atoms with van der Waals surface area (Å²) in [5, 5.41) is 0. The van der Waals surface area contributed by atoms with E-state index in [9.17, 15) is 4.79 Å². The Kier molecular flexibility index (Phi) is 5.57. The lowest BCUT2D eigenvalue weighted by Gasteiger charge is -2.11. The maximum Gasteiger partial charge on any atom is 0.168 e. The van der Waals surface area contributed by atoms with Crippen LogP contribution in [0.1, 0.15) is 23.7 Å². The fourth-order valence-electron chi connectivity index (χ4n) is 2.24. The third-order valence-corrected chi connectivity index (χ3v) is 3.95. The minimum atomic E-state index is -0.0304. The predicted molar refractivity (Wildman–Crippen MR) is 79.4 cm³/mol. The number of methoxy groups -OCH3 is 1. The molecule has 1 saturated heterocycles. The van der Waals surface area contributed by atoms with Crippen molar-refractivity contribution in [2.75, 3.05) is 26.9 Å². The molecule has 2 atom stereocenters. The fourth-order valence-corrected chi connectivity index (χ4v) is 2.73. The standard InChI is InChI=1S/C15H19BrO4/c1-10-7-12(9-20-10)15(17)11-3-4-14(13(16)8-11)19-6-5-18-2/h3-4,8,10,12H,5-7,9H2,1-2H3. The molecular formula is C15H19BrO4. The Morgan fingerprint density at radius 1 is 1.45 bits per heavy atom. The number of halogens is 1. The van der Waals surface area contributed by atoms with Crippen LogP contribution in [0.25, 0.3) is 0 Å². The molecule has 0 radical (unpaired) electrons. The predicted octanol–water partition coefficient (Wildman–Crippen LogP) is 3.08. The molecule has 1 fully saturated rings. The molecule has 1 heterocycles. The summed E-state index contributed by atoms with van der Waals surface area (Å²) in [6.07, 6.45) is 0.965. The minimum Gasteiger partial charge on any atom is -0.490 e. The summed E-state index contributed by atoms with van der Waals surface area (Å²) in [5.74, 6) is 0.824. The second-order valence-corrected chi connectivity index (χ2v) is 5.78. The van der Waals surface area contributed by atoms with Crippen LogP contribution in [0.2, 0.25) is 0 Å². The molecule has 5 heteroatoms. The minimum absolute atomic E-state index is 0.0304. The van der Waals surface area contributed by atoms with Gasteiger partial charge in [-0.3, -0.25) is 4.79 Å². The van der Waals surface area contributed by atoms with Crippen LogP contribution >= 0.6 is 15.9 Å². The van der Waals surface area contributed by atoms with Crippen molar-refractivity contribution in [1.29, 1.82) is 0 Å². The Hall–Kier alpha value is -0.910. The second-order valence-electron chi connectivity index (χ2n) is 4.93. The molecule has 0 amide bonds. The summed E-state index contributed by atoms with van der Waals surface area (Å²) >= 11 is 3.44. The monoisotopic (exact) mass is 342 g/mol. The van der Waals surface area contributed by atoms with Gasteiger partial charge in [-0.2, -0.15) is 0 Å². The summed E-state index contributed by atoms with van der Waals surface area (Å²) in [4.78, 5) is 12.4. The third kappa shape index (κ3) is 3.81. The summed E-state index contributed by atoms with van der Waals surface area (Å²) in [6.45, 7) is 3.53. The Bertz CT molecular complexity index is 475. The quantitative estimate of drug-likeness (QED) is 0.588. The molecule has 2 rings (SSSR count). The average Bonchev–Trinajstić information content (AvgIpc) is 2.86. The Labute approximate surface area is 127 Å². The first kappa shape index (κ1) is 15.5. The van der Waals surface area contributed by atoms with E-state index in [4.69, 9.17) is 14.2 Å². The second kappa shape index (κ2) is 7.20. The molecule has 0 saturated carbocycles. The van der Waals surface area contributed by atoms with Gasteiger partial charge in [-0.05, 0) is 47.5 Å². The number of benzene rings is 1. The van der Waals surface area contributed by atoms with Gasteiger partial charge in [-0.25, -0.2) is 0 Å². The molecule has 20 heavy (non-hydrogen) atoms. The van der Waals surface area contributed by atoms with E-state index in [2.05, 4.69) is 15.9 Å². The van der Waals surface area contributed by atoms with Crippen LogP contribution in [-0.4, -0.2) is 38.8 Å². The van der Waals surface area contributed by atoms with Crippen molar-refractivity contribution in [2.45, 2.75) is 19.4 Å². The Morgan fingerprint density at radius 3 is 2.85 bits per heavy atom. The average molecular weight is 343 g/mol. The molecule has 0 aromatic heterocycles. The van der Waals surface area contributed by atoms with E-state index in [0.29, 0.717) is 25.4 Å². The van der Waals surface area contributed by atoms with Crippen LogP contribution in [0, 0.1) is 5.92 Å². The molecule has 0 bridgehead atoms. The molecule has 1 aliphatic heterocycles. The zero-order valence-corrected chi connectivity index (χ0v) is 13.3. The van der Waals surface area contributed by atoms with Gasteiger partial charge in [0.05, 0.1) is 23.8 Å². The maximum absolute atomic E-state index is 12.4. The number of carbonyl (C=O) groups excluding carboxylic acids is 1. The first-order valence-corrected chi connectivity index (χ1v) is 7.48. The van der Waals surface area contributed by atoms with E-state index in [1.54, 1.807) is 13.2 Å². The van der Waals surface area contributed by atoms with Crippen molar-refractivity contribution >= 4 is 21.7 Å². The molecule has 2 unspecified atom stereocenters. The highest BCUT2D eigenvalue weighted by Crippen LogP contribution is 2.29. The lowest BCUT2D eigenvalue weighted by molar-refractivity contribution is 0.0877. The van der Waals surface area contributed by atoms with Gasteiger partial charge in [-0.15, -0.1) is 0 Å². The van der Waals surface area contributed by atoms with Crippen LogP contribution in [0.3, 0.4) is 0 Å². The highest BCUT2D eigenvalue weighted by atomic mass is 79.9. The zero-order valence-electron chi connectivity index (χ0n) is 11.7. The molecule has 0 spiro atoms. The summed E-state index contributed by atoms with van der Waals surface area (Å²) in [5.41, 5.74) is 0.693. The van der Waals surface area contributed by atoms with Crippen molar-refractivity contribution in [3.63, 3.8) is 0 Å². The smallest absolute Gasteiger partial charge is 0.168 e. The summed E-state index contributed by atoms with van der Waals surface area (Å²) < 4.78 is 16.7. The van der Waals surface area contributed by atoms with Gasteiger partial charge in [0.1, 0.15) is 12.4 Å². The number of hydrogen-bond donors (Lipinski definition) is 0. The zero-order chi connectivity index (χ0) is 14.5. The van der Waals surface area contributed by atoms with Gasteiger partial charge in [0.25, 0.3) is 0 Å². The van der Waals surface area contributed by atoms with E-state index in [-0.39, 0.29) is 17.8 Å². The number of ketones is 1. The molecule has 0 N–H and O–H groups in total. The van der Waals surface area contributed by atoms with E-state index in [1.807, 2.05) is 19.1 Å². The van der Waals surface area contributed by atoms with Gasteiger partial charge in [0.15, 0.2) is 5.78 Å². The van der Waals surface area contributed by atoms with Gasteiger partial charge < -0.3 is 14.2 Å². The van der Waals surface area contributed by atoms with Crippen molar-refractivity contribution in [1.82, 2.24) is 0 Å². The van der Waals surface area contributed by atoms with Crippen molar-refractivity contribution in [3.05, 3.63) is 28.2 Å². The van der Waals surface area contributed by atoms with E-state index in [0.717, 1.165) is 16.6 Å². The largest absolute Gasteiger partial charge is 0.490 e. The van der Waals surface area contributed by atoms with Gasteiger partial charge in [0.2, 0.25) is 0 Å². The van der Waals surface area contributed by atoms with E-state index < -0.39 is 0 Å². The first-order chi connectivity index (χ1) is 9.61. The van der Waals surface area contributed by atoms with Crippen LogP contribution < -0.4 is 4.74 Å². The number of ether oxygens (including phenoxy) is 3. The molecule has 0 aliphatic carbocycles. The lowest BCUT2D eigenvalue weighted by Crippen LogP contribution is -2.15. The first-order valence-electron chi connectivity index (χ1n) is 6.69. The molecule has 1 aromatic carbocycles. The Balaban J connectivity index is 2.02. The van der Waals surface area contributed by atoms with Crippen LogP contribution in [-0.2, 0) is 9.47 Å². The molecular weight excluding hydrogens is 324 g/mol.